The number of anilines is 1. The SMILES string of the molecule is O=C(c1cc(Br)ccc1Cl)N1CCN(c2ccncc2)CC1. The molecular weight excluding hydrogens is 366 g/mol. The molecule has 2 aromatic rings. The largest absolute Gasteiger partial charge is 0.368 e. The zero-order valence-corrected chi connectivity index (χ0v) is 14.2. The number of amides is 1. The number of pyridine rings is 1. The second-order valence-corrected chi connectivity index (χ2v) is 6.43. The van der Waals surface area contributed by atoms with Crippen molar-refractivity contribution < 1.29 is 4.79 Å². The Morgan fingerprint density at radius 3 is 2.45 bits per heavy atom. The molecule has 4 nitrogen and oxygen atoms in total. The lowest BCUT2D eigenvalue weighted by molar-refractivity contribution is 0.0747. The van der Waals surface area contributed by atoms with E-state index in [2.05, 4.69) is 25.8 Å². The maximum Gasteiger partial charge on any atom is 0.255 e. The van der Waals surface area contributed by atoms with Gasteiger partial charge in [-0.15, -0.1) is 0 Å². The van der Waals surface area contributed by atoms with E-state index in [1.165, 1.54) is 0 Å². The van der Waals surface area contributed by atoms with Crippen molar-refractivity contribution in [1.82, 2.24) is 9.88 Å². The third kappa shape index (κ3) is 3.25. The van der Waals surface area contributed by atoms with Crippen LogP contribution in [0.25, 0.3) is 0 Å². The second kappa shape index (κ2) is 6.67. The number of piperazine rings is 1. The molecule has 1 fully saturated rings. The Hall–Kier alpha value is -1.59. The van der Waals surface area contributed by atoms with Gasteiger partial charge in [-0.2, -0.15) is 0 Å². The Morgan fingerprint density at radius 2 is 1.77 bits per heavy atom. The van der Waals surface area contributed by atoms with Crippen molar-refractivity contribution in [2.45, 2.75) is 0 Å². The lowest BCUT2D eigenvalue weighted by Crippen LogP contribution is -2.48. The summed E-state index contributed by atoms with van der Waals surface area (Å²) < 4.78 is 0.857. The molecular formula is C16H15BrClN3O. The number of benzene rings is 1. The smallest absolute Gasteiger partial charge is 0.255 e. The van der Waals surface area contributed by atoms with Crippen LogP contribution in [0.4, 0.5) is 5.69 Å². The van der Waals surface area contributed by atoms with Crippen molar-refractivity contribution in [1.29, 1.82) is 0 Å². The first kappa shape index (κ1) is 15.3. The molecule has 0 saturated carbocycles. The summed E-state index contributed by atoms with van der Waals surface area (Å²) in [6.45, 7) is 2.98. The average molecular weight is 381 g/mol. The highest BCUT2D eigenvalue weighted by Crippen LogP contribution is 2.23. The molecule has 3 rings (SSSR count). The zero-order valence-electron chi connectivity index (χ0n) is 11.9. The van der Waals surface area contributed by atoms with E-state index in [4.69, 9.17) is 11.6 Å². The number of hydrogen-bond donors (Lipinski definition) is 0. The van der Waals surface area contributed by atoms with Gasteiger partial charge in [0.25, 0.3) is 5.91 Å². The molecule has 1 saturated heterocycles. The lowest BCUT2D eigenvalue weighted by Gasteiger charge is -2.36. The first-order valence-corrected chi connectivity index (χ1v) is 8.21. The quantitative estimate of drug-likeness (QED) is 0.800. The summed E-state index contributed by atoms with van der Waals surface area (Å²) in [6.07, 6.45) is 3.57. The Kier molecular flexibility index (Phi) is 4.64. The van der Waals surface area contributed by atoms with Gasteiger partial charge in [0.2, 0.25) is 0 Å². The molecule has 0 spiro atoms. The van der Waals surface area contributed by atoms with E-state index >= 15 is 0 Å². The zero-order chi connectivity index (χ0) is 15.5. The van der Waals surface area contributed by atoms with Crippen LogP contribution in [-0.4, -0.2) is 42.0 Å². The van der Waals surface area contributed by atoms with Crippen LogP contribution in [-0.2, 0) is 0 Å². The molecule has 0 bridgehead atoms. The van der Waals surface area contributed by atoms with E-state index in [9.17, 15) is 4.79 Å². The maximum atomic E-state index is 12.6. The number of nitrogens with zero attached hydrogens (tertiary/aromatic N) is 3. The van der Waals surface area contributed by atoms with Gasteiger partial charge in [0.1, 0.15) is 0 Å². The van der Waals surface area contributed by atoms with Crippen molar-refractivity contribution in [3.8, 4) is 0 Å². The Balaban J connectivity index is 1.68. The average Bonchev–Trinajstić information content (AvgIpc) is 2.57. The van der Waals surface area contributed by atoms with Crippen LogP contribution in [0.1, 0.15) is 10.4 Å². The summed E-state index contributed by atoms with van der Waals surface area (Å²) in [5, 5.41) is 0.491. The molecule has 0 radical (unpaired) electrons. The normalized spacial score (nSPS) is 15.0. The highest BCUT2D eigenvalue weighted by molar-refractivity contribution is 9.10. The standard InChI is InChI=1S/C16H15BrClN3O/c17-12-1-2-15(18)14(11-12)16(22)21-9-7-20(8-10-21)13-3-5-19-6-4-13/h1-6,11H,7-10H2. The molecule has 114 valence electrons. The van der Waals surface area contributed by atoms with Gasteiger partial charge in [0.15, 0.2) is 0 Å². The Bertz CT molecular complexity index is 672. The monoisotopic (exact) mass is 379 g/mol. The first-order chi connectivity index (χ1) is 10.6. The maximum absolute atomic E-state index is 12.6. The molecule has 6 heteroatoms. The van der Waals surface area contributed by atoms with Crippen LogP contribution in [0.5, 0.6) is 0 Å². The van der Waals surface area contributed by atoms with E-state index in [1.54, 1.807) is 24.5 Å². The van der Waals surface area contributed by atoms with Crippen LogP contribution in [0.15, 0.2) is 47.2 Å². The van der Waals surface area contributed by atoms with Gasteiger partial charge in [-0.05, 0) is 30.3 Å². The Labute approximate surface area is 142 Å². The summed E-state index contributed by atoms with van der Waals surface area (Å²) in [5.41, 5.74) is 1.69. The first-order valence-electron chi connectivity index (χ1n) is 7.04. The topological polar surface area (TPSA) is 36.4 Å². The van der Waals surface area contributed by atoms with E-state index in [0.29, 0.717) is 23.7 Å². The van der Waals surface area contributed by atoms with Gasteiger partial charge in [-0.3, -0.25) is 9.78 Å². The van der Waals surface area contributed by atoms with Crippen molar-refractivity contribution in [3.05, 3.63) is 57.8 Å². The van der Waals surface area contributed by atoms with Gasteiger partial charge in [-0.25, -0.2) is 0 Å². The highest BCUT2D eigenvalue weighted by Gasteiger charge is 2.23. The molecule has 1 aromatic carbocycles. The van der Waals surface area contributed by atoms with Gasteiger partial charge in [0, 0.05) is 48.7 Å². The van der Waals surface area contributed by atoms with Crippen molar-refractivity contribution in [2.75, 3.05) is 31.1 Å². The van der Waals surface area contributed by atoms with Gasteiger partial charge in [0.05, 0.1) is 10.6 Å². The van der Waals surface area contributed by atoms with Crippen molar-refractivity contribution in [3.63, 3.8) is 0 Å². The number of hydrogen-bond acceptors (Lipinski definition) is 3. The van der Waals surface area contributed by atoms with Crippen LogP contribution >= 0.6 is 27.5 Å². The molecule has 0 atom stereocenters. The van der Waals surface area contributed by atoms with Gasteiger partial charge in [-0.1, -0.05) is 27.5 Å². The van der Waals surface area contributed by atoms with Crippen LogP contribution < -0.4 is 4.90 Å². The molecule has 1 aromatic heterocycles. The number of aromatic nitrogens is 1. The van der Waals surface area contributed by atoms with Crippen molar-refractivity contribution >= 4 is 39.1 Å². The summed E-state index contributed by atoms with van der Waals surface area (Å²) in [6, 6.07) is 9.33. The summed E-state index contributed by atoms with van der Waals surface area (Å²) in [5.74, 6) is -0.0133. The minimum Gasteiger partial charge on any atom is -0.368 e. The molecule has 22 heavy (non-hydrogen) atoms. The van der Waals surface area contributed by atoms with Crippen LogP contribution in [0.3, 0.4) is 0 Å². The van der Waals surface area contributed by atoms with Crippen LogP contribution in [0, 0.1) is 0 Å². The predicted octanol–water partition coefficient (Wildman–Crippen LogP) is 3.46. The number of halogens is 2. The third-order valence-electron chi connectivity index (χ3n) is 3.75. The molecule has 1 aliphatic rings. The third-order valence-corrected chi connectivity index (χ3v) is 4.58. The highest BCUT2D eigenvalue weighted by atomic mass is 79.9. The van der Waals surface area contributed by atoms with E-state index in [0.717, 1.165) is 23.2 Å². The number of carbonyl (C=O) groups excluding carboxylic acids is 1. The molecule has 0 unspecified atom stereocenters. The summed E-state index contributed by atoms with van der Waals surface area (Å²) in [7, 11) is 0. The van der Waals surface area contributed by atoms with E-state index in [-0.39, 0.29) is 5.91 Å². The van der Waals surface area contributed by atoms with Crippen LogP contribution in [0.2, 0.25) is 5.02 Å². The van der Waals surface area contributed by atoms with E-state index < -0.39 is 0 Å². The molecule has 0 N–H and O–H groups in total. The summed E-state index contributed by atoms with van der Waals surface area (Å²) in [4.78, 5) is 20.7. The summed E-state index contributed by atoms with van der Waals surface area (Å²) >= 11 is 9.53. The number of rotatable bonds is 2. The van der Waals surface area contributed by atoms with Crippen molar-refractivity contribution in [2.24, 2.45) is 0 Å². The fourth-order valence-electron chi connectivity index (χ4n) is 2.55. The van der Waals surface area contributed by atoms with Gasteiger partial charge < -0.3 is 9.80 Å². The van der Waals surface area contributed by atoms with E-state index in [1.807, 2.05) is 23.1 Å². The molecule has 1 aliphatic heterocycles. The minimum absolute atomic E-state index is 0.0133. The molecule has 2 heterocycles. The lowest BCUT2D eigenvalue weighted by atomic mass is 10.1. The second-order valence-electron chi connectivity index (χ2n) is 5.11. The Morgan fingerprint density at radius 1 is 1.09 bits per heavy atom. The fraction of sp³-hybridized carbons (Fsp3) is 0.250. The van der Waals surface area contributed by atoms with Gasteiger partial charge >= 0.3 is 0 Å². The molecule has 0 aliphatic carbocycles. The number of carbonyl (C=O) groups is 1. The predicted molar refractivity (Wildman–Crippen MR) is 91.5 cm³/mol. The fourth-order valence-corrected chi connectivity index (χ4v) is 3.11. The minimum atomic E-state index is -0.0133. The molecule has 1 amide bonds.